The Labute approximate surface area is 102 Å². The Morgan fingerprint density at radius 1 is 1.62 bits per heavy atom. The minimum absolute atomic E-state index is 0.358. The summed E-state index contributed by atoms with van der Waals surface area (Å²) in [4.78, 5) is 8.17. The highest BCUT2D eigenvalue weighted by molar-refractivity contribution is 7.84. The number of nitrogens with one attached hydrogen (secondary N) is 1. The summed E-state index contributed by atoms with van der Waals surface area (Å²) in [7, 11) is -1.14. The standard InChI is InChI=1S/C10H14ClN3OS/c1-7-4-9(11)14-10(13-7)16(15)6-8-2-3-12-5-8/h4,8,12H,2-3,5-6H2,1H3/t8-,16-/m0/s1. The van der Waals surface area contributed by atoms with E-state index in [2.05, 4.69) is 15.3 Å². The Hall–Kier alpha value is -0.520. The van der Waals surface area contributed by atoms with Crippen LogP contribution in [0.4, 0.5) is 0 Å². The molecule has 0 unspecified atom stereocenters. The van der Waals surface area contributed by atoms with Gasteiger partial charge in [-0.1, -0.05) is 11.6 Å². The quantitative estimate of drug-likeness (QED) is 0.654. The fraction of sp³-hybridized carbons (Fsp3) is 0.600. The summed E-state index contributed by atoms with van der Waals surface area (Å²) in [6.45, 7) is 3.77. The zero-order chi connectivity index (χ0) is 11.5. The molecule has 6 heteroatoms. The molecule has 0 aliphatic carbocycles. The van der Waals surface area contributed by atoms with E-state index in [0.717, 1.165) is 25.2 Å². The van der Waals surface area contributed by atoms with Crippen molar-refractivity contribution in [1.82, 2.24) is 15.3 Å². The molecule has 1 saturated heterocycles. The average Bonchev–Trinajstić information content (AvgIpc) is 2.68. The Morgan fingerprint density at radius 2 is 2.44 bits per heavy atom. The summed E-state index contributed by atoms with van der Waals surface area (Å²) in [6.07, 6.45) is 1.07. The van der Waals surface area contributed by atoms with E-state index in [1.54, 1.807) is 6.07 Å². The molecule has 1 aromatic rings. The van der Waals surface area contributed by atoms with Crippen LogP contribution in [0.5, 0.6) is 0 Å². The average molecular weight is 260 g/mol. The zero-order valence-electron chi connectivity index (χ0n) is 9.07. The molecular weight excluding hydrogens is 246 g/mol. The molecule has 0 amide bonds. The normalized spacial score (nSPS) is 22.2. The van der Waals surface area contributed by atoms with E-state index < -0.39 is 10.8 Å². The second kappa shape index (κ2) is 5.21. The number of hydrogen-bond acceptors (Lipinski definition) is 4. The number of aryl methyl sites for hydroxylation is 1. The Balaban J connectivity index is 2.07. The second-order valence-electron chi connectivity index (χ2n) is 3.99. The van der Waals surface area contributed by atoms with E-state index in [4.69, 9.17) is 11.6 Å². The first-order chi connectivity index (χ1) is 7.65. The van der Waals surface area contributed by atoms with Gasteiger partial charge in [0, 0.05) is 11.4 Å². The van der Waals surface area contributed by atoms with Gasteiger partial charge in [-0.05, 0) is 38.4 Å². The highest BCUT2D eigenvalue weighted by atomic mass is 35.5. The van der Waals surface area contributed by atoms with Crippen LogP contribution in [0.1, 0.15) is 12.1 Å². The molecule has 2 heterocycles. The molecule has 88 valence electrons. The van der Waals surface area contributed by atoms with Crippen LogP contribution in [0.25, 0.3) is 0 Å². The molecule has 1 aliphatic heterocycles. The first-order valence-corrected chi connectivity index (χ1v) is 6.95. The maximum atomic E-state index is 12.0. The second-order valence-corrected chi connectivity index (χ2v) is 5.76. The van der Waals surface area contributed by atoms with Gasteiger partial charge in [0.15, 0.2) is 0 Å². The van der Waals surface area contributed by atoms with Crippen LogP contribution in [0.15, 0.2) is 11.2 Å². The number of nitrogens with zero attached hydrogens (tertiary/aromatic N) is 2. The lowest BCUT2D eigenvalue weighted by Gasteiger charge is -2.07. The topological polar surface area (TPSA) is 54.9 Å². The first-order valence-electron chi connectivity index (χ1n) is 5.25. The van der Waals surface area contributed by atoms with E-state index in [1.165, 1.54) is 0 Å². The van der Waals surface area contributed by atoms with Crippen LogP contribution in [0.2, 0.25) is 5.15 Å². The molecule has 0 radical (unpaired) electrons. The van der Waals surface area contributed by atoms with Gasteiger partial charge in [0.2, 0.25) is 5.16 Å². The molecule has 1 fully saturated rings. The Bertz CT molecular complexity index is 387. The largest absolute Gasteiger partial charge is 0.316 e. The minimum Gasteiger partial charge on any atom is -0.316 e. The van der Waals surface area contributed by atoms with Gasteiger partial charge in [-0.2, -0.15) is 0 Å². The summed E-state index contributed by atoms with van der Waals surface area (Å²) in [5.74, 6) is 1.08. The predicted molar refractivity (Wildman–Crippen MR) is 64.0 cm³/mol. The zero-order valence-corrected chi connectivity index (χ0v) is 10.6. The molecule has 1 aromatic heterocycles. The SMILES string of the molecule is Cc1cc(Cl)nc([S@@](=O)C[C@H]2CCNC2)n1. The highest BCUT2D eigenvalue weighted by Gasteiger charge is 2.19. The third-order valence-corrected chi connectivity index (χ3v) is 4.11. The molecular formula is C10H14ClN3OS. The lowest BCUT2D eigenvalue weighted by Crippen LogP contribution is -2.16. The Morgan fingerprint density at radius 3 is 3.06 bits per heavy atom. The van der Waals surface area contributed by atoms with Gasteiger partial charge in [0.25, 0.3) is 0 Å². The monoisotopic (exact) mass is 259 g/mol. The third-order valence-electron chi connectivity index (χ3n) is 2.56. The van der Waals surface area contributed by atoms with Gasteiger partial charge in [-0.3, -0.25) is 4.21 Å². The fourth-order valence-electron chi connectivity index (χ4n) is 1.75. The molecule has 0 saturated carbocycles. The van der Waals surface area contributed by atoms with Gasteiger partial charge < -0.3 is 5.32 Å². The highest BCUT2D eigenvalue weighted by Crippen LogP contribution is 2.14. The molecule has 0 aromatic carbocycles. The summed E-state index contributed by atoms with van der Waals surface area (Å²) in [5.41, 5.74) is 0.757. The van der Waals surface area contributed by atoms with E-state index in [9.17, 15) is 4.21 Å². The molecule has 0 spiro atoms. The number of rotatable bonds is 3. The first kappa shape index (κ1) is 12.0. The number of halogens is 1. The van der Waals surface area contributed by atoms with Gasteiger partial charge in [0.1, 0.15) is 5.15 Å². The van der Waals surface area contributed by atoms with Crippen LogP contribution in [0, 0.1) is 12.8 Å². The van der Waals surface area contributed by atoms with Crippen molar-refractivity contribution in [3.8, 4) is 0 Å². The lowest BCUT2D eigenvalue weighted by atomic mass is 10.2. The maximum Gasteiger partial charge on any atom is 0.220 e. The third kappa shape index (κ3) is 2.99. The fourth-order valence-corrected chi connectivity index (χ4v) is 3.35. The summed E-state index contributed by atoms with van der Waals surface area (Å²) in [5, 5.41) is 3.97. The van der Waals surface area contributed by atoms with E-state index in [-0.39, 0.29) is 0 Å². The van der Waals surface area contributed by atoms with Crippen LogP contribution < -0.4 is 5.32 Å². The molecule has 1 N–H and O–H groups in total. The molecule has 16 heavy (non-hydrogen) atoms. The van der Waals surface area contributed by atoms with Crippen molar-refractivity contribution in [1.29, 1.82) is 0 Å². The van der Waals surface area contributed by atoms with Crippen molar-refractivity contribution >= 4 is 22.4 Å². The summed E-state index contributed by atoms with van der Waals surface area (Å²) >= 11 is 5.81. The van der Waals surface area contributed by atoms with Gasteiger partial charge in [-0.15, -0.1) is 0 Å². The lowest BCUT2D eigenvalue weighted by molar-refractivity contribution is 0.627. The van der Waals surface area contributed by atoms with E-state index in [1.807, 2.05) is 6.92 Å². The summed E-state index contributed by atoms with van der Waals surface area (Å²) < 4.78 is 12.0. The van der Waals surface area contributed by atoms with Gasteiger partial charge in [-0.25, -0.2) is 9.97 Å². The van der Waals surface area contributed by atoms with Crippen molar-refractivity contribution < 1.29 is 4.21 Å². The molecule has 2 rings (SSSR count). The van der Waals surface area contributed by atoms with Gasteiger partial charge in [0.05, 0.1) is 10.8 Å². The smallest absolute Gasteiger partial charge is 0.220 e. The van der Waals surface area contributed by atoms with Crippen LogP contribution in [-0.4, -0.2) is 33.0 Å². The number of hydrogen-bond donors (Lipinski definition) is 1. The van der Waals surface area contributed by atoms with Crippen molar-refractivity contribution in [2.45, 2.75) is 18.5 Å². The van der Waals surface area contributed by atoms with Crippen molar-refractivity contribution in [2.24, 2.45) is 5.92 Å². The van der Waals surface area contributed by atoms with Crippen LogP contribution >= 0.6 is 11.6 Å². The van der Waals surface area contributed by atoms with Gasteiger partial charge >= 0.3 is 0 Å². The van der Waals surface area contributed by atoms with E-state index in [0.29, 0.717) is 22.0 Å². The Kier molecular flexibility index (Phi) is 3.89. The molecule has 4 nitrogen and oxygen atoms in total. The number of aromatic nitrogens is 2. The molecule has 1 aliphatic rings. The van der Waals surface area contributed by atoms with Crippen LogP contribution in [-0.2, 0) is 10.8 Å². The van der Waals surface area contributed by atoms with Crippen molar-refractivity contribution in [2.75, 3.05) is 18.8 Å². The molecule has 0 bridgehead atoms. The summed E-state index contributed by atoms with van der Waals surface area (Å²) in [6, 6.07) is 1.67. The van der Waals surface area contributed by atoms with E-state index >= 15 is 0 Å². The predicted octanol–water partition coefficient (Wildman–Crippen LogP) is 1.16. The minimum atomic E-state index is -1.14. The van der Waals surface area contributed by atoms with Crippen molar-refractivity contribution in [3.05, 3.63) is 16.9 Å². The van der Waals surface area contributed by atoms with Crippen LogP contribution in [0.3, 0.4) is 0 Å². The maximum absolute atomic E-state index is 12.0. The molecule has 2 atom stereocenters. The van der Waals surface area contributed by atoms with Crippen molar-refractivity contribution in [3.63, 3.8) is 0 Å².